The number of aliphatic hydroxyl groups excluding tert-OH is 2. The standard InChI is InChI=1S/C109H184O16P2/c1-4-7-10-13-16-19-22-25-28-31-34-37-40-43-46-48-50-51-53-55-57-59-62-65-68-71-74-77-80-83-86-89-92-95-107(112)119-98-104(110)99-121-126(115,116)122-100-105(111)101-123-127(117,118)124-103-106(125-109(114)97-94-91-88-85-82-79-76-73-70-67-64-61-56-45-42-39-36-33-30-27-24-21-18-15-12-9-6-3)102-120-108(113)96-93-90-87-84-81-78-75-72-69-66-63-60-58-54-52-49-47-44-41-38-35-32-29-26-23-20-17-14-11-8-5-2/h7-8,10-11,16-21,25-30,34-39,43-47,50-52,54,56,104-106,110-111H,4-6,9,12-15,22-24,31-33,40-42,48-49,53,55,57-103H2,1-3H3,(H,115,116)(H,117,118)/b10-7-,11-8-,19-16-,20-17-,21-18-,28-25-,29-26-,30-27-,37-34-,38-35-,39-36-,46-43-,47-44-,51-50-,54-52-,56-45-. The van der Waals surface area contributed by atoms with Crippen LogP contribution in [0.2, 0.25) is 0 Å². The average Bonchev–Trinajstić information content (AvgIpc) is 0.899. The van der Waals surface area contributed by atoms with Crippen LogP contribution in [0.5, 0.6) is 0 Å². The fourth-order valence-electron chi connectivity index (χ4n) is 13.7. The van der Waals surface area contributed by atoms with Crippen molar-refractivity contribution in [1.82, 2.24) is 0 Å². The Morgan fingerprint density at radius 1 is 0.228 bits per heavy atom. The van der Waals surface area contributed by atoms with Gasteiger partial charge in [0.05, 0.1) is 26.4 Å². The number of unbranched alkanes of at least 4 members (excludes halogenated alkanes) is 40. The highest BCUT2D eigenvalue weighted by Gasteiger charge is 2.30. The second-order valence-corrected chi connectivity index (χ2v) is 36.4. The Kier molecular flexibility index (Phi) is 95.0. The van der Waals surface area contributed by atoms with Crippen LogP contribution in [0.25, 0.3) is 0 Å². The summed E-state index contributed by atoms with van der Waals surface area (Å²) in [6.45, 7) is 2.48. The van der Waals surface area contributed by atoms with E-state index in [9.17, 15) is 43.5 Å². The number of carbonyl (C=O) groups is 3. The topological polar surface area (TPSA) is 231 Å². The molecule has 0 aliphatic rings. The van der Waals surface area contributed by atoms with Gasteiger partial charge in [-0.1, -0.05) is 427 Å². The van der Waals surface area contributed by atoms with Crippen molar-refractivity contribution < 1.29 is 75.8 Å². The van der Waals surface area contributed by atoms with Crippen LogP contribution in [0.3, 0.4) is 0 Å². The van der Waals surface area contributed by atoms with Gasteiger partial charge in [-0.25, -0.2) is 9.13 Å². The zero-order valence-electron chi connectivity index (χ0n) is 80.4. The Balaban J connectivity index is 4.63. The maximum Gasteiger partial charge on any atom is 0.472 e. The van der Waals surface area contributed by atoms with E-state index >= 15 is 0 Å². The van der Waals surface area contributed by atoms with Crippen molar-refractivity contribution in [1.29, 1.82) is 0 Å². The predicted molar refractivity (Wildman–Crippen MR) is 537 cm³/mol. The molecule has 0 spiro atoms. The molecule has 5 unspecified atom stereocenters. The van der Waals surface area contributed by atoms with Crippen molar-refractivity contribution in [3.05, 3.63) is 194 Å². The summed E-state index contributed by atoms with van der Waals surface area (Å²) in [4.78, 5) is 59.2. The molecule has 0 saturated carbocycles. The van der Waals surface area contributed by atoms with Gasteiger partial charge in [0, 0.05) is 19.3 Å². The number of hydrogen-bond donors (Lipinski definition) is 4. The molecule has 18 heteroatoms. The number of allylic oxidation sites excluding steroid dienone is 32. The lowest BCUT2D eigenvalue weighted by atomic mass is 10.0. The van der Waals surface area contributed by atoms with Crippen LogP contribution in [-0.4, -0.2) is 95.9 Å². The minimum absolute atomic E-state index is 0.0959. The molecule has 0 aliphatic carbocycles. The van der Waals surface area contributed by atoms with Crippen molar-refractivity contribution >= 4 is 33.6 Å². The first kappa shape index (κ1) is 121. The molecule has 0 aromatic rings. The molecule has 0 aromatic heterocycles. The highest BCUT2D eigenvalue weighted by atomic mass is 31.2. The third-order valence-corrected chi connectivity index (χ3v) is 23.2. The second kappa shape index (κ2) is 99.4. The fraction of sp³-hybridized carbons (Fsp3) is 0.679. The number of ether oxygens (including phenoxy) is 3. The third kappa shape index (κ3) is 101. The van der Waals surface area contributed by atoms with Crippen LogP contribution in [0.4, 0.5) is 0 Å². The van der Waals surface area contributed by atoms with Gasteiger partial charge in [0.2, 0.25) is 0 Å². The highest BCUT2D eigenvalue weighted by Crippen LogP contribution is 2.45. The highest BCUT2D eigenvalue weighted by molar-refractivity contribution is 7.47. The summed E-state index contributed by atoms with van der Waals surface area (Å²) in [7, 11) is -9.82. The fourth-order valence-corrected chi connectivity index (χ4v) is 15.3. The zero-order valence-corrected chi connectivity index (χ0v) is 82.2. The summed E-state index contributed by atoms with van der Waals surface area (Å²) in [5, 5.41) is 20.8. The van der Waals surface area contributed by atoms with Gasteiger partial charge < -0.3 is 34.2 Å². The molecule has 0 aromatic carbocycles. The average molecular weight is 1810 g/mol. The molecule has 0 amide bonds. The Labute approximate surface area is 776 Å². The van der Waals surface area contributed by atoms with Gasteiger partial charge in [-0.2, -0.15) is 0 Å². The summed E-state index contributed by atoms with van der Waals surface area (Å²) >= 11 is 0. The monoisotopic (exact) mass is 1810 g/mol. The predicted octanol–water partition coefficient (Wildman–Crippen LogP) is 32.1. The van der Waals surface area contributed by atoms with E-state index in [-0.39, 0.29) is 19.3 Å². The first-order valence-corrected chi connectivity index (χ1v) is 53.7. The third-order valence-electron chi connectivity index (χ3n) is 21.3. The van der Waals surface area contributed by atoms with E-state index in [0.29, 0.717) is 19.3 Å². The minimum Gasteiger partial charge on any atom is -0.463 e. The Bertz CT molecular complexity index is 3090. The molecule has 5 atom stereocenters. The van der Waals surface area contributed by atoms with Crippen molar-refractivity contribution in [3.63, 3.8) is 0 Å². The van der Waals surface area contributed by atoms with E-state index in [2.05, 4.69) is 215 Å². The molecule has 0 fully saturated rings. The number of aliphatic hydroxyl groups is 2. The first-order valence-electron chi connectivity index (χ1n) is 50.7. The van der Waals surface area contributed by atoms with Crippen molar-refractivity contribution in [3.8, 4) is 0 Å². The molecule has 0 radical (unpaired) electrons. The zero-order chi connectivity index (χ0) is 92.1. The van der Waals surface area contributed by atoms with Gasteiger partial charge >= 0.3 is 33.6 Å². The molecule has 0 heterocycles. The molecule has 127 heavy (non-hydrogen) atoms. The lowest BCUT2D eigenvalue weighted by molar-refractivity contribution is -0.161. The lowest BCUT2D eigenvalue weighted by Gasteiger charge is -2.21. The van der Waals surface area contributed by atoms with Gasteiger partial charge in [0.25, 0.3) is 0 Å². The van der Waals surface area contributed by atoms with Crippen LogP contribution in [0.1, 0.15) is 419 Å². The van der Waals surface area contributed by atoms with E-state index in [1.54, 1.807) is 0 Å². The molecule has 0 bridgehead atoms. The van der Waals surface area contributed by atoms with E-state index < -0.39 is 91.5 Å². The summed E-state index contributed by atoms with van der Waals surface area (Å²) in [5.41, 5.74) is 0. The van der Waals surface area contributed by atoms with Crippen LogP contribution < -0.4 is 0 Å². The summed E-state index contributed by atoms with van der Waals surface area (Å²) in [6.07, 6.45) is 133. The van der Waals surface area contributed by atoms with Crippen LogP contribution in [0.15, 0.2) is 194 Å². The van der Waals surface area contributed by atoms with Gasteiger partial charge in [-0.15, -0.1) is 0 Å². The van der Waals surface area contributed by atoms with Crippen molar-refractivity contribution in [2.45, 2.75) is 437 Å². The smallest absolute Gasteiger partial charge is 0.463 e. The number of hydrogen-bond acceptors (Lipinski definition) is 14. The van der Waals surface area contributed by atoms with Crippen molar-refractivity contribution in [2.24, 2.45) is 0 Å². The Hall–Kier alpha value is -5.61. The molecule has 0 aliphatic heterocycles. The number of phosphoric ester groups is 2. The largest absolute Gasteiger partial charge is 0.472 e. The molecule has 16 nitrogen and oxygen atoms in total. The minimum atomic E-state index is -4.95. The SMILES string of the molecule is CC/C=C\C/C=C\C/C=C\C/C=C\C/C=C\C/C=C\CCCCCCCCCCCCCCCCC(=O)OCC(O)COP(=O)(O)OCC(O)COP(=O)(O)OCC(COC(=O)CCCCCCCCCCCCCC/C=C\C/C=C\C/C=C\C/C=C\C/C=C\C/C=C\CC)OC(=O)CCCCCCCCCCCCC/C=C\C/C=C\C/C=C\C/C=C\CCCCC. The number of esters is 3. The Morgan fingerprint density at radius 2 is 0.417 bits per heavy atom. The van der Waals surface area contributed by atoms with Gasteiger partial charge in [0.1, 0.15) is 25.4 Å². The summed E-state index contributed by atoms with van der Waals surface area (Å²) in [6, 6.07) is 0. The van der Waals surface area contributed by atoms with Gasteiger partial charge in [-0.3, -0.25) is 32.5 Å². The lowest BCUT2D eigenvalue weighted by Crippen LogP contribution is -2.30. The van der Waals surface area contributed by atoms with E-state index in [0.717, 1.165) is 186 Å². The number of phosphoric acid groups is 2. The summed E-state index contributed by atoms with van der Waals surface area (Å²) < 4.78 is 61.7. The number of carbonyl (C=O) groups excluding carboxylic acids is 3. The first-order chi connectivity index (χ1) is 62.2. The maximum atomic E-state index is 13.1. The van der Waals surface area contributed by atoms with Gasteiger partial charge in [-0.05, 0) is 167 Å². The quantitative estimate of drug-likeness (QED) is 0.0146. The van der Waals surface area contributed by atoms with E-state index in [1.807, 2.05) is 0 Å². The molecule has 0 rings (SSSR count). The number of rotatable bonds is 95. The van der Waals surface area contributed by atoms with Crippen LogP contribution in [0, 0.1) is 0 Å². The Morgan fingerprint density at radius 3 is 0.661 bits per heavy atom. The summed E-state index contributed by atoms with van der Waals surface area (Å²) in [5.74, 6) is -1.57. The van der Waals surface area contributed by atoms with Crippen molar-refractivity contribution in [2.75, 3.05) is 39.6 Å². The molecular formula is C109H184O16P2. The normalized spacial score (nSPS) is 14.5. The molecule has 4 N–H and O–H groups in total. The van der Waals surface area contributed by atoms with E-state index in [1.165, 1.54) is 173 Å². The van der Waals surface area contributed by atoms with E-state index in [4.69, 9.17) is 32.3 Å². The maximum absolute atomic E-state index is 13.1. The molecule has 0 saturated heterocycles. The molecule has 726 valence electrons. The molecular weight excluding hydrogens is 1630 g/mol. The second-order valence-electron chi connectivity index (χ2n) is 33.5. The van der Waals surface area contributed by atoms with Crippen LogP contribution in [-0.2, 0) is 55.8 Å². The van der Waals surface area contributed by atoms with Crippen LogP contribution >= 0.6 is 15.6 Å². The van der Waals surface area contributed by atoms with Gasteiger partial charge in [0.15, 0.2) is 6.10 Å².